The molecule has 3 aromatic rings. The predicted molar refractivity (Wildman–Crippen MR) is 130 cm³/mol. The zero-order valence-electron chi connectivity index (χ0n) is 17.2. The molecule has 0 N–H and O–H groups in total. The lowest BCUT2D eigenvalue weighted by atomic mass is 10.2. The lowest BCUT2D eigenvalue weighted by molar-refractivity contribution is 0.265. The number of amides is 1. The molecule has 0 atom stereocenters. The van der Waals surface area contributed by atoms with Crippen molar-refractivity contribution >= 4 is 46.0 Å². The highest BCUT2D eigenvalue weighted by Gasteiger charge is 2.29. The molecular weight excluding hydrogens is 424 g/mol. The molecule has 2 aliphatic heterocycles. The van der Waals surface area contributed by atoms with Crippen LogP contribution < -0.4 is 9.80 Å². The van der Waals surface area contributed by atoms with E-state index in [2.05, 4.69) is 51.2 Å². The van der Waals surface area contributed by atoms with Crippen molar-refractivity contribution < 1.29 is 4.79 Å². The fraction of sp³-hybridized carbons (Fsp3) is 0.250. The molecule has 158 valence electrons. The number of hydrogen-bond donors (Lipinski definition) is 0. The molecule has 1 amide bonds. The number of carbonyl (C=O) groups is 1. The molecule has 1 aromatic heterocycles. The second-order valence-electron chi connectivity index (χ2n) is 7.51. The molecule has 1 fully saturated rings. The molecule has 3 heterocycles. The van der Waals surface area contributed by atoms with Crippen molar-refractivity contribution in [1.82, 2.24) is 9.88 Å². The predicted octanol–water partition coefficient (Wildman–Crippen LogP) is 5.36. The number of piperazine rings is 1. The second-order valence-corrected chi connectivity index (χ2v) is 9.64. The van der Waals surface area contributed by atoms with Crippen molar-refractivity contribution in [3.8, 4) is 0 Å². The van der Waals surface area contributed by atoms with Gasteiger partial charge in [0.2, 0.25) is 0 Å². The molecule has 2 aliphatic rings. The van der Waals surface area contributed by atoms with Gasteiger partial charge in [0.25, 0.3) is 5.24 Å². The van der Waals surface area contributed by atoms with Crippen LogP contribution in [0.3, 0.4) is 0 Å². The number of pyridine rings is 1. The lowest BCUT2D eigenvalue weighted by Crippen LogP contribution is -2.47. The highest BCUT2D eigenvalue weighted by molar-refractivity contribution is 8.14. The van der Waals surface area contributed by atoms with Crippen LogP contribution in [0.1, 0.15) is 0 Å². The Hall–Kier alpha value is -2.48. The van der Waals surface area contributed by atoms with Gasteiger partial charge in [0, 0.05) is 55.3 Å². The third kappa shape index (κ3) is 4.44. The summed E-state index contributed by atoms with van der Waals surface area (Å²) in [6.45, 7) is 5.01. The number of anilines is 3. The average molecular weight is 449 g/mol. The van der Waals surface area contributed by atoms with Crippen molar-refractivity contribution in [2.75, 3.05) is 48.3 Å². The summed E-state index contributed by atoms with van der Waals surface area (Å²) in [5.41, 5.74) is 2.21. The van der Waals surface area contributed by atoms with Gasteiger partial charge < -0.3 is 4.90 Å². The van der Waals surface area contributed by atoms with E-state index in [1.54, 1.807) is 22.9 Å². The largest absolute Gasteiger partial charge is 0.369 e. The Kier molecular flexibility index (Phi) is 6.15. The molecule has 7 heteroatoms. The highest BCUT2D eigenvalue weighted by Crippen LogP contribution is 2.47. The van der Waals surface area contributed by atoms with E-state index in [1.807, 2.05) is 30.3 Å². The maximum atomic E-state index is 13.2. The molecule has 0 radical (unpaired) electrons. The Morgan fingerprint density at radius 3 is 2.48 bits per heavy atom. The number of thioether (sulfide) groups is 1. The van der Waals surface area contributed by atoms with E-state index in [-0.39, 0.29) is 5.24 Å². The second kappa shape index (κ2) is 9.34. The molecular formula is C24H24N4OS2. The van der Waals surface area contributed by atoms with Crippen molar-refractivity contribution in [2.45, 2.75) is 9.79 Å². The standard InChI is InChI=1S/C24H24N4OS2/c29-24(28-20-9-4-5-10-21(20)31-22-11-6-12-25-23(22)28)30-18-17-26-13-15-27(16-14-26)19-7-2-1-3-8-19/h1-12H,13-18H2. The van der Waals surface area contributed by atoms with Crippen molar-refractivity contribution in [3.05, 3.63) is 72.9 Å². The fourth-order valence-electron chi connectivity index (χ4n) is 3.97. The molecule has 31 heavy (non-hydrogen) atoms. The van der Waals surface area contributed by atoms with Crippen molar-refractivity contribution in [2.24, 2.45) is 0 Å². The SMILES string of the molecule is O=C(SCCN1CCN(c2ccccc2)CC1)N1c2ccccc2Sc2cccnc21. The van der Waals surface area contributed by atoms with Crippen LogP contribution in [0.4, 0.5) is 22.0 Å². The minimum atomic E-state index is 0.0376. The van der Waals surface area contributed by atoms with Crippen molar-refractivity contribution in [1.29, 1.82) is 0 Å². The minimum absolute atomic E-state index is 0.0376. The number of rotatable bonds is 4. The highest BCUT2D eigenvalue weighted by atomic mass is 32.2. The molecule has 1 saturated heterocycles. The Labute approximate surface area is 191 Å². The lowest BCUT2D eigenvalue weighted by Gasteiger charge is -2.36. The number of para-hydroxylation sites is 2. The van der Waals surface area contributed by atoms with E-state index in [1.165, 1.54) is 17.4 Å². The summed E-state index contributed by atoms with van der Waals surface area (Å²) in [7, 11) is 0. The first-order chi connectivity index (χ1) is 15.3. The molecule has 2 aromatic carbocycles. The van der Waals surface area contributed by atoms with Crippen LogP contribution in [0.5, 0.6) is 0 Å². The molecule has 5 rings (SSSR count). The molecule has 0 saturated carbocycles. The van der Waals surface area contributed by atoms with Gasteiger partial charge in [0.05, 0.1) is 10.6 Å². The fourth-order valence-corrected chi connectivity index (χ4v) is 5.84. The van der Waals surface area contributed by atoms with Gasteiger partial charge >= 0.3 is 0 Å². The number of carbonyl (C=O) groups excluding carboxylic acids is 1. The summed E-state index contributed by atoms with van der Waals surface area (Å²) < 4.78 is 0. The first-order valence-electron chi connectivity index (χ1n) is 10.5. The van der Waals surface area contributed by atoms with E-state index in [4.69, 9.17) is 0 Å². The van der Waals surface area contributed by atoms with Gasteiger partial charge in [0.1, 0.15) is 0 Å². The zero-order valence-corrected chi connectivity index (χ0v) is 18.8. The number of fused-ring (bicyclic) bond motifs is 2. The maximum Gasteiger partial charge on any atom is 0.291 e. The van der Waals surface area contributed by atoms with Gasteiger partial charge in [-0.1, -0.05) is 53.9 Å². The summed E-state index contributed by atoms with van der Waals surface area (Å²) in [5, 5.41) is 0.0376. The summed E-state index contributed by atoms with van der Waals surface area (Å²) in [5.74, 6) is 1.51. The topological polar surface area (TPSA) is 39.7 Å². The van der Waals surface area contributed by atoms with Gasteiger partial charge in [-0.2, -0.15) is 0 Å². The third-order valence-corrected chi connectivity index (χ3v) is 7.52. The van der Waals surface area contributed by atoms with E-state index < -0.39 is 0 Å². The van der Waals surface area contributed by atoms with E-state index in [0.717, 1.165) is 59.8 Å². The van der Waals surface area contributed by atoms with Gasteiger partial charge in [-0.25, -0.2) is 4.98 Å². The van der Waals surface area contributed by atoms with Gasteiger partial charge in [-0.05, 0) is 36.4 Å². The van der Waals surface area contributed by atoms with Gasteiger partial charge in [-0.3, -0.25) is 14.6 Å². The van der Waals surface area contributed by atoms with E-state index >= 15 is 0 Å². The van der Waals surface area contributed by atoms with Crippen LogP contribution in [-0.4, -0.2) is 53.6 Å². The minimum Gasteiger partial charge on any atom is -0.369 e. The first-order valence-corrected chi connectivity index (χ1v) is 12.3. The molecule has 0 aliphatic carbocycles. The van der Waals surface area contributed by atoms with Crippen molar-refractivity contribution in [3.63, 3.8) is 0 Å². The Balaban J connectivity index is 1.19. The summed E-state index contributed by atoms with van der Waals surface area (Å²) in [6, 6.07) is 22.6. The molecule has 0 spiro atoms. The Bertz CT molecular complexity index is 1010. The zero-order chi connectivity index (χ0) is 21.0. The smallest absolute Gasteiger partial charge is 0.291 e. The van der Waals surface area contributed by atoms with Crippen LogP contribution in [-0.2, 0) is 0 Å². The Morgan fingerprint density at radius 1 is 0.903 bits per heavy atom. The summed E-state index contributed by atoms with van der Waals surface area (Å²) in [6.07, 6.45) is 1.75. The molecule has 5 nitrogen and oxygen atoms in total. The summed E-state index contributed by atoms with van der Waals surface area (Å²) in [4.78, 5) is 26.5. The monoisotopic (exact) mass is 448 g/mol. The number of aromatic nitrogens is 1. The third-order valence-electron chi connectivity index (χ3n) is 5.60. The molecule has 0 unspecified atom stereocenters. The maximum absolute atomic E-state index is 13.2. The first kappa shape index (κ1) is 20.4. The van der Waals surface area contributed by atoms with Gasteiger partial charge in [0.15, 0.2) is 5.82 Å². The van der Waals surface area contributed by atoms with Crippen LogP contribution in [0, 0.1) is 0 Å². The average Bonchev–Trinajstić information content (AvgIpc) is 2.83. The number of hydrogen-bond acceptors (Lipinski definition) is 6. The number of nitrogens with zero attached hydrogens (tertiary/aromatic N) is 4. The van der Waals surface area contributed by atoms with Crippen LogP contribution in [0.15, 0.2) is 82.7 Å². The Morgan fingerprint density at radius 2 is 1.65 bits per heavy atom. The van der Waals surface area contributed by atoms with E-state index in [9.17, 15) is 4.79 Å². The van der Waals surface area contributed by atoms with Crippen LogP contribution in [0.25, 0.3) is 0 Å². The van der Waals surface area contributed by atoms with Crippen LogP contribution >= 0.6 is 23.5 Å². The van der Waals surface area contributed by atoms with E-state index in [0.29, 0.717) is 0 Å². The summed E-state index contributed by atoms with van der Waals surface area (Å²) >= 11 is 3.05. The van der Waals surface area contributed by atoms with Gasteiger partial charge in [-0.15, -0.1) is 0 Å². The van der Waals surface area contributed by atoms with Crippen LogP contribution in [0.2, 0.25) is 0 Å². The quantitative estimate of drug-likeness (QED) is 0.535. The normalized spacial score (nSPS) is 16.0. The number of benzene rings is 2. The molecule has 0 bridgehead atoms.